The summed E-state index contributed by atoms with van der Waals surface area (Å²) in [6.07, 6.45) is 0.996. The maximum absolute atomic E-state index is 12.6. The Labute approximate surface area is 145 Å². The Bertz CT molecular complexity index is 925. The van der Waals surface area contributed by atoms with Gasteiger partial charge in [-0.3, -0.25) is 0 Å². The minimum absolute atomic E-state index is 0.102. The number of carbonyl (C=O) groups is 1. The average Bonchev–Trinajstić information content (AvgIpc) is 3.04. The largest absolute Gasteiger partial charge is 0.465 e. The van der Waals surface area contributed by atoms with E-state index in [-0.39, 0.29) is 10.6 Å². The molecule has 1 heterocycles. The van der Waals surface area contributed by atoms with Crippen molar-refractivity contribution < 1.29 is 17.9 Å². The highest BCUT2D eigenvalue weighted by molar-refractivity contribution is 7.94. The maximum atomic E-state index is 12.6. The molecule has 0 atom stereocenters. The fourth-order valence-corrected chi connectivity index (χ4v) is 3.69. The molecule has 0 spiro atoms. The molecule has 0 saturated carbocycles. The Morgan fingerprint density at radius 1 is 0.960 bits per heavy atom. The van der Waals surface area contributed by atoms with Gasteiger partial charge in [-0.05, 0) is 11.1 Å². The van der Waals surface area contributed by atoms with Crippen LogP contribution in [-0.2, 0) is 24.9 Å². The summed E-state index contributed by atoms with van der Waals surface area (Å²) in [5.41, 5.74) is -0.212. The van der Waals surface area contributed by atoms with Crippen LogP contribution in [0.1, 0.15) is 11.1 Å². The number of rotatable bonds is 4. The molecule has 0 aliphatic carbocycles. The quantitative estimate of drug-likeness (QED) is 0.789. The summed E-state index contributed by atoms with van der Waals surface area (Å²) in [6.45, 7) is 0. The number of methoxy groups -OCH3 is 1. The van der Waals surface area contributed by atoms with E-state index in [1.807, 2.05) is 12.1 Å². The molecule has 25 heavy (non-hydrogen) atoms. The summed E-state index contributed by atoms with van der Waals surface area (Å²) in [5.74, 6) is -0.780. The van der Waals surface area contributed by atoms with E-state index in [4.69, 9.17) is 4.74 Å². The molecule has 1 aliphatic rings. The Balaban J connectivity index is 2.42. The lowest BCUT2D eigenvalue weighted by Crippen LogP contribution is -2.32. The molecule has 3 rings (SSSR count). The minimum atomic E-state index is -3.78. The molecule has 0 radical (unpaired) electrons. The number of ether oxygens (including phenoxy) is 1. The average molecular weight is 356 g/mol. The summed E-state index contributed by atoms with van der Waals surface area (Å²) in [6, 6.07) is 17.9. The fourth-order valence-electron chi connectivity index (χ4n) is 2.90. The molecule has 0 fully saturated rings. The van der Waals surface area contributed by atoms with E-state index in [2.05, 4.69) is 10.2 Å². The van der Waals surface area contributed by atoms with E-state index in [1.165, 1.54) is 7.11 Å². The summed E-state index contributed by atoms with van der Waals surface area (Å²) in [4.78, 5) is 12.6. The molecule has 0 amide bonds. The van der Waals surface area contributed by atoms with Crippen LogP contribution in [0.15, 0.2) is 81.5 Å². The SMILES string of the molecule is COC(=O)C1=C(S(C)(=O)=O)N=NC1(c1ccccc1)c1ccccc1. The van der Waals surface area contributed by atoms with Crippen LogP contribution >= 0.6 is 0 Å². The number of hydrogen-bond donors (Lipinski definition) is 0. The van der Waals surface area contributed by atoms with Crippen molar-refractivity contribution in [2.45, 2.75) is 5.54 Å². The van der Waals surface area contributed by atoms with Gasteiger partial charge in [-0.15, -0.1) is 5.11 Å². The van der Waals surface area contributed by atoms with E-state index >= 15 is 0 Å². The standard InChI is InChI=1S/C18H16N2O4S/c1-24-17(21)15-16(25(2,22)23)19-20-18(15,13-9-5-3-6-10-13)14-11-7-4-8-12-14/h3-12H,1-2H3. The molecule has 0 N–H and O–H groups in total. The molecule has 6 nitrogen and oxygen atoms in total. The number of hydrogen-bond acceptors (Lipinski definition) is 6. The van der Waals surface area contributed by atoms with Crippen molar-refractivity contribution in [2.24, 2.45) is 10.2 Å². The number of sulfone groups is 1. The molecule has 0 bridgehead atoms. The van der Waals surface area contributed by atoms with Gasteiger partial charge >= 0.3 is 5.97 Å². The van der Waals surface area contributed by atoms with Crippen molar-refractivity contribution in [1.29, 1.82) is 0 Å². The lowest BCUT2D eigenvalue weighted by Gasteiger charge is -2.28. The van der Waals surface area contributed by atoms with Gasteiger partial charge in [0.1, 0.15) is 5.57 Å². The predicted molar refractivity (Wildman–Crippen MR) is 92.4 cm³/mol. The molecule has 2 aromatic rings. The van der Waals surface area contributed by atoms with Crippen LogP contribution in [0.4, 0.5) is 0 Å². The van der Waals surface area contributed by atoms with Crippen LogP contribution < -0.4 is 0 Å². The number of benzene rings is 2. The second-order valence-corrected chi connectivity index (χ2v) is 7.52. The third kappa shape index (κ3) is 2.76. The van der Waals surface area contributed by atoms with E-state index < -0.39 is 21.3 Å². The monoisotopic (exact) mass is 356 g/mol. The van der Waals surface area contributed by atoms with E-state index in [0.29, 0.717) is 11.1 Å². The van der Waals surface area contributed by atoms with Crippen molar-refractivity contribution >= 4 is 15.8 Å². The lowest BCUT2D eigenvalue weighted by atomic mass is 9.78. The normalized spacial score (nSPS) is 16.1. The Morgan fingerprint density at radius 3 is 1.84 bits per heavy atom. The van der Waals surface area contributed by atoms with E-state index in [9.17, 15) is 13.2 Å². The van der Waals surface area contributed by atoms with Gasteiger partial charge in [0.15, 0.2) is 20.4 Å². The molecule has 7 heteroatoms. The van der Waals surface area contributed by atoms with Gasteiger partial charge in [0.2, 0.25) is 0 Å². The highest BCUT2D eigenvalue weighted by Gasteiger charge is 2.50. The summed E-state index contributed by atoms with van der Waals surface area (Å²) in [7, 11) is -2.57. The molecule has 128 valence electrons. The molecular formula is C18H16N2O4S. The van der Waals surface area contributed by atoms with Gasteiger partial charge in [-0.2, -0.15) is 5.11 Å². The molecule has 0 saturated heterocycles. The summed E-state index contributed by atoms with van der Waals surface area (Å²) in [5, 5.41) is 7.79. The Kier molecular flexibility index (Phi) is 4.26. The topological polar surface area (TPSA) is 85.2 Å². The fraction of sp³-hybridized carbons (Fsp3) is 0.167. The van der Waals surface area contributed by atoms with Gasteiger partial charge < -0.3 is 4.74 Å². The zero-order valence-electron chi connectivity index (χ0n) is 13.7. The Morgan fingerprint density at radius 2 is 1.44 bits per heavy atom. The van der Waals surface area contributed by atoms with Crippen LogP contribution in [-0.4, -0.2) is 27.8 Å². The molecular weight excluding hydrogens is 340 g/mol. The van der Waals surface area contributed by atoms with Gasteiger partial charge in [-0.1, -0.05) is 60.7 Å². The van der Waals surface area contributed by atoms with Gasteiger partial charge in [0.05, 0.1) is 7.11 Å². The van der Waals surface area contributed by atoms with E-state index in [1.54, 1.807) is 48.5 Å². The van der Waals surface area contributed by atoms with Gasteiger partial charge in [0.25, 0.3) is 0 Å². The number of carbonyl (C=O) groups excluding carboxylic acids is 1. The first-order chi connectivity index (χ1) is 11.9. The molecule has 0 aromatic heterocycles. The third-order valence-electron chi connectivity index (χ3n) is 3.99. The molecule has 0 unspecified atom stereocenters. The lowest BCUT2D eigenvalue weighted by molar-refractivity contribution is -0.136. The van der Waals surface area contributed by atoms with Crippen molar-refractivity contribution in [3.8, 4) is 0 Å². The number of nitrogens with zero attached hydrogens (tertiary/aromatic N) is 2. The molecule has 2 aromatic carbocycles. The first-order valence-corrected chi connectivity index (χ1v) is 9.37. The van der Waals surface area contributed by atoms with Gasteiger partial charge in [0, 0.05) is 6.26 Å². The highest BCUT2D eigenvalue weighted by atomic mass is 32.2. The maximum Gasteiger partial charge on any atom is 0.340 e. The summed E-state index contributed by atoms with van der Waals surface area (Å²) < 4.78 is 29.3. The summed E-state index contributed by atoms with van der Waals surface area (Å²) >= 11 is 0. The van der Waals surface area contributed by atoms with Crippen LogP contribution in [0.2, 0.25) is 0 Å². The second kappa shape index (κ2) is 6.25. The Hall–Kier alpha value is -2.80. The first-order valence-electron chi connectivity index (χ1n) is 7.48. The number of esters is 1. The molecule has 1 aliphatic heterocycles. The highest BCUT2D eigenvalue weighted by Crippen LogP contribution is 2.47. The van der Waals surface area contributed by atoms with Crippen molar-refractivity contribution in [3.63, 3.8) is 0 Å². The first kappa shape index (κ1) is 17.0. The second-order valence-electron chi connectivity index (χ2n) is 5.59. The van der Waals surface area contributed by atoms with Crippen LogP contribution in [0.25, 0.3) is 0 Å². The predicted octanol–water partition coefficient (Wildman–Crippen LogP) is 2.83. The number of azo groups is 1. The van der Waals surface area contributed by atoms with Crippen molar-refractivity contribution in [1.82, 2.24) is 0 Å². The zero-order valence-corrected chi connectivity index (χ0v) is 14.5. The third-order valence-corrected chi connectivity index (χ3v) is 4.98. The van der Waals surface area contributed by atoms with Gasteiger partial charge in [-0.25, -0.2) is 13.2 Å². The van der Waals surface area contributed by atoms with Crippen LogP contribution in [0.3, 0.4) is 0 Å². The van der Waals surface area contributed by atoms with Crippen LogP contribution in [0, 0.1) is 0 Å². The van der Waals surface area contributed by atoms with Crippen molar-refractivity contribution in [3.05, 3.63) is 82.4 Å². The zero-order chi connectivity index (χ0) is 18.1. The van der Waals surface area contributed by atoms with E-state index in [0.717, 1.165) is 6.26 Å². The minimum Gasteiger partial charge on any atom is -0.465 e. The van der Waals surface area contributed by atoms with Crippen molar-refractivity contribution in [2.75, 3.05) is 13.4 Å². The smallest absolute Gasteiger partial charge is 0.340 e. The van der Waals surface area contributed by atoms with Crippen LogP contribution in [0.5, 0.6) is 0 Å².